The topological polar surface area (TPSA) is 40.5 Å². The van der Waals surface area contributed by atoms with E-state index >= 15 is 0 Å². The van der Waals surface area contributed by atoms with Crippen LogP contribution in [0.4, 0.5) is 0 Å². The summed E-state index contributed by atoms with van der Waals surface area (Å²) in [6.07, 6.45) is 5.32. The molecule has 0 radical (unpaired) electrons. The van der Waals surface area contributed by atoms with E-state index in [-0.39, 0.29) is 0 Å². The van der Waals surface area contributed by atoms with Crippen molar-refractivity contribution < 1.29 is 9.90 Å². The van der Waals surface area contributed by atoms with Crippen LogP contribution in [0.3, 0.4) is 0 Å². The van der Waals surface area contributed by atoms with Crippen LogP contribution in [-0.2, 0) is 4.79 Å². The molecule has 1 rings (SSSR count). The van der Waals surface area contributed by atoms with Crippen molar-refractivity contribution in [2.24, 2.45) is 5.92 Å². The second-order valence-corrected chi connectivity index (χ2v) is 3.75. The summed E-state index contributed by atoms with van der Waals surface area (Å²) < 4.78 is 0. The molecular weight excluding hydrogens is 166 g/mol. The Labute approximate surface area is 79.0 Å². The fraction of sp³-hybridized carbons (Fsp3) is 0.700. The smallest absolute Gasteiger partial charge is 0.329 e. The molecular formula is C10H17NO2. The number of aliphatic carboxylic acids is 1. The molecule has 0 bridgehead atoms. The number of carboxylic acids is 1. The summed E-state index contributed by atoms with van der Waals surface area (Å²) in [4.78, 5) is 12.4. The van der Waals surface area contributed by atoms with E-state index in [0.717, 1.165) is 13.0 Å². The van der Waals surface area contributed by atoms with Crippen molar-refractivity contribution in [1.82, 2.24) is 4.90 Å². The number of hydrogen-bond donors (Lipinski definition) is 1. The van der Waals surface area contributed by atoms with Crippen molar-refractivity contribution in [1.29, 1.82) is 0 Å². The van der Waals surface area contributed by atoms with E-state index in [1.165, 1.54) is 12.5 Å². The number of carboxylic acid groups (broad SMARTS) is 1. The second-order valence-electron chi connectivity index (χ2n) is 3.75. The highest BCUT2D eigenvalue weighted by Crippen LogP contribution is 2.22. The van der Waals surface area contributed by atoms with Crippen LogP contribution in [0.5, 0.6) is 0 Å². The first-order chi connectivity index (χ1) is 6.11. The van der Waals surface area contributed by atoms with E-state index in [9.17, 15) is 4.79 Å². The molecule has 1 saturated heterocycles. The molecule has 0 aliphatic carbocycles. The third kappa shape index (κ3) is 2.76. The number of piperidine rings is 1. The number of nitrogens with zero attached hydrogens (tertiary/aromatic N) is 1. The lowest BCUT2D eigenvalue weighted by molar-refractivity contribution is -0.131. The van der Waals surface area contributed by atoms with E-state index in [0.29, 0.717) is 12.0 Å². The second kappa shape index (κ2) is 4.30. The van der Waals surface area contributed by atoms with Crippen LogP contribution in [0.15, 0.2) is 12.3 Å². The molecule has 0 aromatic carbocycles. The van der Waals surface area contributed by atoms with Crippen LogP contribution in [0, 0.1) is 5.92 Å². The molecule has 0 amide bonds. The summed E-state index contributed by atoms with van der Waals surface area (Å²) in [5.74, 6) is -0.211. The Bertz CT molecular complexity index is 213. The van der Waals surface area contributed by atoms with Gasteiger partial charge >= 0.3 is 5.97 Å². The molecule has 1 aliphatic rings. The molecule has 0 spiro atoms. The van der Waals surface area contributed by atoms with Gasteiger partial charge in [0, 0.05) is 24.9 Å². The number of rotatable bonds is 2. The first-order valence-corrected chi connectivity index (χ1v) is 4.78. The highest BCUT2D eigenvalue weighted by molar-refractivity contribution is 5.79. The molecule has 74 valence electrons. The Hall–Kier alpha value is -0.990. The van der Waals surface area contributed by atoms with Gasteiger partial charge in [0.1, 0.15) is 0 Å². The van der Waals surface area contributed by atoms with Gasteiger partial charge in [-0.15, -0.1) is 0 Å². The zero-order valence-corrected chi connectivity index (χ0v) is 8.23. The van der Waals surface area contributed by atoms with E-state index in [2.05, 4.69) is 18.7 Å². The lowest BCUT2D eigenvalue weighted by Crippen LogP contribution is -2.38. The van der Waals surface area contributed by atoms with Gasteiger partial charge in [0.15, 0.2) is 0 Å². The lowest BCUT2D eigenvalue weighted by atomic mass is 9.92. The average Bonchev–Trinajstić information content (AvgIpc) is 2.07. The first kappa shape index (κ1) is 10.1. The van der Waals surface area contributed by atoms with Gasteiger partial charge in [0.25, 0.3) is 0 Å². The maximum atomic E-state index is 10.3. The normalized spacial score (nSPS) is 29.5. The van der Waals surface area contributed by atoms with Gasteiger partial charge < -0.3 is 10.0 Å². The Morgan fingerprint density at radius 2 is 2.23 bits per heavy atom. The zero-order valence-electron chi connectivity index (χ0n) is 8.23. The molecule has 3 heteroatoms. The minimum atomic E-state index is -0.870. The quantitative estimate of drug-likeness (QED) is 0.662. The SMILES string of the molecule is CC1CCCN(C=CC(=O)O)C1C. The minimum Gasteiger partial charge on any atom is -0.478 e. The molecule has 2 unspecified atom stereocenters. The molecule has 1 N–H and O–H groups in total. The Morgan fingerprint density at radius 3 is 2.85 bits per heavy atom. The maximum absolute atomic E-state index is 10.3. The van der Waals surface area contributed by atoms with E-state index in [4.69, 9.17) is 5.11 Å². The van der Waals surface area contributed by atoms with Crippen LogP contribution in [-0.4, -0.2) is 28.6 Å². The van der Waals surface area contributed by atoms with Crippen LogP contribution in [0.25, 0.3) is 0 Å². The predicted molar refractivity (Wildman–Crippen MR) is 51.3 cm³/mol. The summed E-state index contributed by atoms with van der Waals surface area (Å²) in [5, 5.41) is 8.48. The van der Waals surface area contributed by atoms with Gasteiger partial charge in [0.2, 0.25) is 0 Å². The Morgan fingerprint density at radius 1 is 1.54 bits per heavy atom. The van der Waals surface area contributed by atoms with Crippen molar-refractivity contribution in [3.8, 4) is 0 Å². The fourth-order valence-electron chi connectivity index (χ4n) is 1.74. The number of hydrogen-bond acceptors (Lipinski definition) is 2. The van der Waals surface area contributed by atoms with Crippen molar-refractivity contribution in [3.63, 3.8) is 0 Å². The first-order valence-electron chi connectivity index (χ1n) is 4.78. The Balaban J connectivity index is 2.53. The van der Waals surface area contributed by atoms with Crippen LogP contribution in [0.1, 0.15) is 26.7 Å². The maximum Gasteiger partial charge on any atom is 0.329 e. The van der Waals surface area contributed by atoms with Gasteiger partial charge in [-0.2, -0.15) is 0 Å². The van der Waals surface area contributed by atoms with Crippen molar-refractivity contribution in [2.45, 2.75) is 32.7 Å². The Kier molecular flexibility index (Phi) is 3.34. The molecule has 0 aromatic rings. The van der Waals surface area contributed by atoms with Crippen molar-refractivity contribution in [3.05, 3.63) is 12.3 Å². The standard InChI is InChI=1S/C10H17NO2/c1-8-4-3-6-11(9(8)2)7-5-10(12)13/h5,7-9H,3-4,6H2,1-2H3,(H,12,13). The van der Waals surface area contributed by atoms with Crippen LogP contribution in [0.2, 0.25) is 0 Å². The van der Waals surface area contributed by atoms with Crippen LogP contribution >= 0.6 is 0 Å². The van der Waals surface area contributed by atoms with Gasteiger partial charge in [0.05, 0.1) is 0 Å². The van der Waals surface area contributed by atoms with Gasteiger partial charge in [-0.25, -0.2) is 4.79 Å². The lowest BCUT2D eigenvalue weighted by Gasteiger charge is -2.37. The van der Waals surface area contributed by atoms with E-state index < -0.39 is 5.97 Å². The highest BCUT2D eigenvalue weighted by atomic mass is 16.4. The predicted octanol–water partition coefficient (Wildman–Crippen LogP) is 1.71. The van der Waals surface area contributed by atoms with Gasteiger partial charge in [-0.05, 0) is 25.7 Å². The number of likely N-dealkylation sites (tertiary alicyclic amines) is 1. The molecule has 3 nitrogen and oxygen atoms in total. The van der Waals surface area contributed by atoms with Crippen molar-refractivity contribution in [2.75, 3.05) is 6.54 Å². The fourth-order valence-corrected chi connectivity index (χ4v) is 1.74. The number of carbonyl (C=O) groups is 1. The summed E-state index contributed by atoms with van der Waals surface area (Å²) in [5.41, 5.74) is 0. The molecule has 0 saturated carbocycles. The summed E-state index contributed by atoms with van der Waals surface area (Å²) in [7, 11) is 0. The molecule has 1 aliphatic heterocycles. The third-order valence-electron chi connectivity index (χ3n) is 2.83. The monoisotopic (exact) mass is 183 g/mol. The summed E-state index contributed by atoms with van der Waals surface area (Å²) >= 11 is 0. The van der Waals surface area contributed by atoms with Gasteiger partial charge in [-0.1, -0.05) is 6.92 Å². The zero-order chi connectivity index (χ0) is 9.84. The molecule has 13 heavy (non-hydrogen) atoms. The summed E-state index contributed by atoms with van der Waals surface area (Å²) in [6.45, 7) is 5.34. The van der Waals surface area contributed by atoms with Crippen molar-refractivity contribution >= 4 is 5.97 Å². The molecule has 0 aromatic heterocycles. The highest BCUT2D eigenvalue weighted by Gasteiger charge is 2.21. The average molecular weight is 183 g/mol. The third-order valence-corrected chi connectivity index (χ3v) is 2.83. The molecule has 1 heterocycles. The largest absolute Gasteiger partial charge is 0.478 e. The van der Waals surface area contributed by atoms with Crippen LogP contribution < -0.4 is 0 Å². The van der Waals surface area contributed by atoms with E-state index in [1.54, 1.807) is 6.20 Å². The van der Waals surface area contributed by atoms with E-state index in [1.807, 2.05) is 0 Å². The molecule has 2 atom stereocenters. The minimum absolute atomic E-state index is 0.462. The molecule has 1 fully saturated rings. The summed E-state index contributed by atoms with van der Waals surface area (Å²) in [6, 6.07) is 0.462. The van der Waals surface area contributed by atoms with Gasteiger partial charge in [-0.3, -0.25) is 0 Å².